The molecule has 2 rings (SSSR count). The minimum Gasteiger partial charge on any atom is -0.354 e. The maximum atomic E-state index is 12.2. The number of nitrogens with zero attached hydrogens (tertiary/aromatic N) is 1. The molecule has 0 heterocycles. The van der Waals surface area contributed by atoms with Gasteiger partial charge in [-0.3, -0.25) is 4.79 Å². The number of hydrogen-bond acceptors (Lipinski definition) is 2. The van der Waals surface area contributed by atoms with E-state index in [1.165, 1.54) is 11.1 Å². The molecule has 0 aliphatic heterocycles. The number of carbonyl (C=O) groups excluding carboxylic acids is 1. The Labute approximate surface area is 149 Å². The fourth-order valence-corrected chi connectivity index (χ4v) is 2.86. The molecule has 0 spiro atoms. The van der Waals surface area contributed by atoms with Gasteiger partial charge in [-0.2, -0.15) is 0 Å². The van der Waals surface area contributed by atoms with Crippen molar-refractivity contribution < 1.29 is 4.79 Å². The molecule has 0 saturated heterocycles. The normalized spacial score (nSPS) is 12.2. The van der Waals surface area contributed by atoms with Crippen LogP contribution in [0.3, 0.4) is 0 Å². The van der Waals surface area contributed by atoms with Crippen LogP contribution in [0.25, 0.3) is 0 Å². The molecule has 2 aromatic rings. The van der Waals surface area contributed by atoms with Crippen molar-refractivity contribution in [3.05, 3.63) is 70.2 Å². The van der Waals surface area contributed by atoms with Gasteiger partial charge in [0.25, 0.3) is 0 Å². The molecule has 3 nitrogen and oxygen atoms in total. The maximum absolute atomic E-state index is 12.2. The van der Waals surface area contributed by atoms with Crippen LogP contribution in [0.15, 0.2) is 48.5 Å². The summed E-state index contributed by atoms with van der Waals surface area (Å²) in [6, 6.07) is 16.2. The third-order valence-electron chi connectivity index (χ3n) is 4.20. The highest BCUT2D eigenvalue weighted by Crippen LogP contribution is 2.19. The molecule has 0 saturated carbocycles. The molecule has 0 fully saturated rings. The highest BCUT2D eigenvalue weighted by Gasteiger charge is 2.15. The Bertz CT molecular complexity index is 668. The summed E-state index contributed by atoms with van der Waals surface area (Å²) in [4.78, 5) is 14.4. The minimum absolute atomic E-state index is 0.0138. The molecule has 1 amide bonds. The quantitative estimate of drug-likeness (QED) is 0.827. The molecular formula is C20H25ClN2O. The fraction of sp³-hybridized carbons (Fsp3) is 0.350. The zero-order valence-corrected chi connectivity index (χ0v) is 15.3. The smallest absolute Gasteiger partial charge is 0.224 e. The van der Waals surface area contributed by atoms with Crippen molar-refractivity contribution in [1.29, 1.82) is 0 Å². The van der Waals surface area contributed by atoms with Crippen molar-refractivity contribution in [2.45, 2.75) is 25.8 Å². The molecular weight excluding hydrogens is 320 g/mol. The van der Waals surface area contributed by atoms with Crippen molar-refractivity contribution in [3.63, 3.8) is 0 Å². The van der Waals surface area contributed by atoms with Crippen LogP contribution in [0.4, 0.5) is 0 Å². The summed E-state index contributed by atoms with van der Waals surface area (Å²) in [5, 5.41) is 3.66. The summed E-state index contributed by atoms with van der Waals surface area (Å²) in [6.07, 6.45) is 1.33. The molecule has 0 aliphatic rings. The predicted molar refractivity (Wildman–Crippen MR) is 100 cm³/mol. The van der Waals surface area contributed by atoms with E-state index in [2.05, 4.69) is 41.4 Å². The number of nitrogens with one attached hydrogen (secondary N) is 1. The topological polar surface area (TPSA) is 32.3 Å². The van der Waals surface area contributed by atoms with Gasteiger partial charge < -0.3 is 10.2 Å². The molecule has 0 aromatic heterocycles. The molecule has 4 heteroatoms. The summed E-state index contributed by atoms with van der Waals surface area (Å²) in [5.41, 5.74) is 3.37. The van der Waals surface area contributed by atoms with Gasteiger partial charge in [0, 0.05) is 11.6 Å². The number of amides is 1. The van der Waals surface area contributed by atoms with Gasteiger partial charge in [0.15, 0.2) is 0 Å². The van der Waals surface area contributed by atoms with E-state index in [0.29, 0.717) is 18.0 Å². The van der Waals surface area contributed by atoms with Crippen LogP contribution in [-0.4, -0.2) is 31.4 Å². The Kier molecular flexibility index (Phi) is 6.83. The lowest BCUT2D eigenvalue weighted by Crippen LogP contribution is -2.35. The zero-order chi connectivity index (χ0) is 17.5. The number of likely N-dealkylation sites (N-methyl/N-ethyl adjacent to an activating group) is 1. The molecule has 0 bridgehead atoms. The predicted octanol–water partition coefficient (Wildman–Crippen LogP) is 3.86. The lowest BCUT2D eigenvalue weighted by atomic mass is 10.0. The van der Waals surface area contributed by atoms with Crippen LogP contribution in [0.1, 0.15) is 29.7 Å². The van der Waals surface area contributed by atoms with E-state index in [4.69, 9.17) is 11.6 Å². The van der Waals surface area contributed by atoms with Crippen molar-refractivity contribution in [2.75, 3.05) is 20.6 Å². The molecule has 128 valence electrons. The van der Waals surface area contributed by atoms with Gasteiger partial charge in [-0.25, -0.2) is 0 Å². The fourth-order valence-electron chi connectivity index (χ4n) is 2.66. The van der Waals surface area contributed by atoms with Crippen molar-refractivity contribution in [3.8, 4) is 0 Å². The Hall–Kier alpha value is -1.84. The first-order valence-corrected chi connectivity index (χ1v) is 8.64. The van der Waals surface area contributed by atoms with E-state index >= 15 is 0 Å². The van der Waals surface area contributed by atoms with Crippen LogP contribution in [-0.2, 0) is 17.6 Å². The molecule has 1 N–H and O–H groups in total. The second-order valence-corrected chi connectivity index (χ2v) is 6.55. The van der Waals surface area contributed by atoms with E-state index in [0.717, 1.165) is 12.0 Å². The molecule has 24 heavy (non-hydrogen) atoms. The SMILES string of the molecule is CCc1ccc(C(CNC(=O)Cc2ccccc2Cl)N(C)C)cc1. The van der Waals surface area contributed by atoms with Crippen LogP contribution < -0.4 is 5.32 Å². The van der Waals surface area contributed by atoms with Crippen molar-refractivity contribution in [1.82, 2.24) is 10.2 Å². The largest absolute Gasteiger partial charge is 0.354 e. The lowest BCUT2D eigenvalue weighted by molar-refractivity contribution is -0.120. The number of carbonyl (C=O) groups is 1. The van der Waals surface area contributed by atoms with Crippen molar-refractivity contribution >= 4 is 17.5 Å². The molecule has 1 unspecified atom stereocenters. The summed E-state index contributed by atoms with van der Waals surface area (Å²) >= 11 is 6.12. The molecule has 0 aliphatic carbocycles. The molecule has 2 aromatic carbocycles. The number of rotatable bonds is 7. The van der Waals surface area contributed by atoms with Crippen LogP contribution in [0.2, 0.25) is 5.02 Å². The summed E-state index contributed by atoms with van der Waals surface area (Å²) in [7, 11) is 4.05. The first-order valence-electron chi connectivity index (χ1n) is 8.26. The van der Waals surface area contributed by atoms with Gasteiger partial charge in [-0.1, -0.05) is 61.0 Å². The third-order valence-corrected chi connectivity index (χ3v) is 4.57. The summed E-state index contributed by atoms with van der Waals surface area (Å²) in [5.74, 6) is -0.0138. The van der Waals surface area contributed by atoms with E-state index in [1.807, 2.05) is 38.4 Å². The minimum atomic E-state index is -0.0138. The average molecular weight is 345 g/mol. The lowest BCUT2D eigenvalue weighted by Gasteiger charge is -2.25. The van der Waals surface area contributed by atoms with E-state index in [9.17, 15) is 4.79 Å². The first-order chi connectivity index (χ1) is 11.5. The summed E-state index contributed by atoms with van der Waals surface area (Å²) < 4.78 is 0. The second kappa shape index (κ2) is 8.86. The van der Waals surface area contributed by atoms with Gasteiger partial charge >= 0.3 is 0 Å². The van der Waals surface area contributed by atoms with E-state index in [-0.39, 0.29) is 11.9 Å². The zero-order valence-electron chi connectivity index (χ0n) is 14.6. The molecule has 0 radical (unpaired) electrons. The maximum Gasteiger partial charge on any atom is 0.224 e. The molecule has 1 atom stereocenters. The Morgan fingerprint density at radius 2 is 1.79 bits per heavy atom. The highest BCUT2D eigenvalue weighted by atomic mass is 35.5. The third kappa shape index (κ3) is 5.08. The monoisotopic (exact) mass is 344 g/mol. The Balaban J connectivity index is 1.98. The number of benzene rings is 2. The van der Waals surface area contributed by atoms with Gasteiger partial charge in [0.05, 0.1) is 12.5 Å². The van der Waals surface area contributed by atoms with Crippen LogP contribution >= 0.6 is 11.6 Å². The first kappa shape index (κ1) is 18.5. The highest BCUT2D eigenvalue weighted by molar-refractivity contribution is 6.31. The average Bonchev–Trinajstić information content (AvgIpc) is 2.57. The van der Waals surface area contributed by atoms with Gasteiger partial charge in [-0.15, -0.1) is 0 Å². The standard InChI is InChI=1S/C20H25ClN2O/c1-4-15-9-11-16(12-10-15)19(23(2)3)14-22-20(24)13-17-7-5-6-8-18(17)21/h5-12,19H,4,13-14H2,1-3H3,(H,22,24). The van der Waals surface area contributed by atoms with Gasteiger partial charge in [0.2, 0.25) is 5.91 Å². The number of aryl methyl sites for hydroxylation is 1. The van der Waals surface area contributed by atoms with Gasteiger partial charge in [0.1, 0.15) is 0 Å². The number of halogens is 1. The Morgan fingerprint density at radius 3 is 2.38 bits per heavy atom. The van der Waals surface area contributed by atoms with Gasteiger partial charge in [-0.05, 0) is 43.3 Å². The van der Waals surface area contributed by atoms with Crippen LogP contribution in [0.5, 0.6) is 0 Å². The van der Waals surface area contributed by atoms with E-state index in [1.54, 1.807) is 0 Å². The summed E-state index contributed by atoms with van der Waals surface area (Å²) in [6.45, 7) is 2.72. The van der Waals surface area contributed by atoms with Crippen molar-refractivity contribution in [2.24, 2.45) is 0 Å². The number of hydrogen-bond donors (Lipinski definition) is 1. The second-order valence-electron chi connectivity index (χ2n) is 6.15. The van der Waals surface area contributed by atoms with Crippen LogP contribution in [0, 0.1) is 0 Å². The van der Waals surface area contributed by atoms with E-state index < -0.39 is 0 Å². The Morgan fingerprint density at radius 1 is 1.12 bits per heavy atom.